The normalized spacial score (nSPS) is 39.1. The summed E-state index contributed by atoms with van der Waals surface area (Å²) in [6.07, 6.45) is 3.58. The minimum Gasteiger partial charge on any atom is -0.371 e. The standard InChI is InChI=1S/C14H17NO3S/c1-9-2-6-12(7-3-9)18-19(16,17)15-13-10-4-5-11(8-10)14(13)15/h2-3,6-7,10-11,13-14H,4-5,8H2,1H3/t10?,11?,13-,14+,15?. The number of nitrogens with zero attached hydrogens (tertiary/aromatic N) is 1. The monoisotopic (exact) mass is 279 g/mol. The summed E-state index contributed by atoms with van der Waals surface area (Å²) in [5.41, 5.74) is 1.09. The second-order valence-electron chi connectivity index (χ2n) is 6.00. The molecule has 3 aliphatic rings. The maximum atomic E-state index is 12.3. The van der Waals surface area contributed by atoms with E-state index in [1.54, 1.807) is 16.4 Å². The molecular formula is C14H17NO3S. The minimum absolute atomic E-state index is 0.231. The van der Waals surface area contributed by atoms with Gasteiger partial charge in [0.25, 0.3) is 0 Å². The van der Waals surface area contributed by atoms with Crippen molar-refractivity contribution in [3.8, 4) is 5.75 Å². The molecule has 1 aromatic rings. The zero-order valence-electron chi connectivity index (χ0n) is 10.8. The molecule has 0 amide bonds. The lowest BCUT2D eigenvalue weighted by Crippen LogP contribution is -2.25. The van der Waals surface area contributed by atoms with Gasteiger partial charge in [0.2, 0.25) is 0 Å². The number of hydrogen-bond donors (Lipinski definition) is 0. The third kappa shape index (κ3) is 1.71. The van der Waals surface area contributed by atoms with Crippen molar-refractivity contribution in [2.24, 2.45) is 11.8 Å². The van der Waals surface area contributed by atoms with Crippen LogP contribution in [0.2, 0.25) is 0 Å². The summed E-state index contributed by atoms with van der Waals surface area (Å²) in [5, 5.41) is 0. The number of aryl methyl sites for hydroxylation is 1. The lowest BCUT2D eigenvalue weighted by molar-refractivity contribution is 0.395. The Labute approximate surface area is 113 Å². The Kier molecular flexibility index (Phi) is 2.30. The Balaban J connectivity index is 1.54. The molecule has 4 nitrogen and oxygen atoms in total. The van der Waals surface area contributed by atoms with E-state index < -0.39 is 10.3 Å². The third-order valence-corrected chi connectivity index (χ3v) is 6.21. The first kappa shape index (κ1) is 11.7. The maximum absolute atomic E-state index is 12.3. The van der Waals surface area contributed by atoms with Gasteiger partial charge in [-0.25, -0.2) is 0 Å². The highest BCUT2D eigenvalue weighted by Crippen LogP contribution is 2.59. The lowest BCUT2D eigenvalue weighted by atomic mass is 10.0. The van der Waals surface area contributed by atoms with Crippen molar-refractivity contribution >= 4 is 10.3 Å². The quantitative estimate of drug-likeness (QED) is 0.796. The molecule has 4 rings (SSSR count). The van der Waals surface area contributed by atoms with Gasteiger partial charge >= 0.3 is 10.3 Å². The van der Waals surface area contributed by atoms with Gasteiger partial charge in [0.05, 0.1) is 0 Å². The third-order valence-electron chi connectivity index (χ3n) is 4.81. The van der Waals surface area contributed by atoms with Crippen molar-refractivity contribution < 1.29 is 12.6 Å². The van der Waals surface area contributed by atoms with Crippen LogP contribution < -0.4 is 4.18 Å². The molecule has 5 atom stereocenters. The van der Waals surface area contributed by atoms with Crippen molar-refractivity contribution in [2.45, 2.75) is 38.3 Å². The van der Waals surface area contributed by atoms with E-state index in [1.807, 2.05) is 19.1 Å². The van der Waals surface area contributed by atoms with Crippen LogP contribution >= 0.6 is 0 Å². The van der Waals surface area contributed by atoms with E-state index in [-0.39, 0.29) is 12.1 Å². The van der Waals surface area contributed by atoms with Crippen LogP contribution in [0.3, 0.4) is 0 Å². The average Bonchev–Trinajstić information content (AvgIpc) is 2.85. The highest BCUT2D eigenvalue weighted by molar-refractivity contribution is 7.85. The summed E-state index contributed by atoms with van der Waals surface area (Å²) in [6, 6.07) is 7.60. The van der Waals surface area contributed by atoms with E-state index in [0.717, 1.165) is 5.56 Å². The van der Waals surface area contributed by atoms with Crippen molar-refractivity contribution in [3.05, 3.63) is 29.8 Å². The molecule has 3 unspecified atom stereocenters. The minimum atomic E-state index is -3.60. The molecule has 102 valence electrons. The molecule has 2 saturated carbocycles. The van der Waals surface area contributed by atoms with E-state index in [1.165, 1.54) is 19.3 Å². The van der Waals surface area contributed by atoms with Gasteiger partial charge in [-0.3, -0.25) is 0 Å². The number of piperidine rings is 1. The van der Waals surface area contributed by atoms with Gasteiger partial charge < -0.3 is 4.18 Å². The molecule has 1 aromatic carbocycles. The maximum Gasteiger partial charge on any atom is 0.385 e. The molecule has 0 radical (unpaired) electrons. The molecule has 2 bridgehead atoms. The molecule has 1 aliphatic heterocycles. The van der Waals surface area contributed by atoms with Crippen LogP contribution in [0.5, 0.6) is 5.75 Å². The molecule has 5 heteroatoms. The fraction of sp³-hybridized carbons (Fsp3) is 0.571. The van der Waals surface area contributed by atoms with Crippen LogP contribution in [0.4, 0.5) is 0 Å². The molecule has 0 spiro atoms. The molecule has 3 fully saturated rings. The van der Waals surface area contributed by atoms with Crippen LogP contribution in [-0.4, -0.2) is 24.8 Å². The Morgan fingerprint density at radius 3 is 2.26 bits per heavy atom. The van der Waals surface area contributed by atoms with Crippen LogP contribution in [-0.2, 0) is 10.3 Å². The topological polar surface area (TPSA) is 46.4 Å². The van der Waals surface area contributed by atoms with Crippen LogP contribution in [0.15, 0.2) is 24.3 Å². The lowest BCUT2D eigenvalue weighted by Gasteiger charge is -2.13. The average molecular weight is 279 g/mol. The van der Waals surface area contributed by atoms with Gasteiger partial charge in [-0.15, -0.1) is 0 Å². The van der Waals surface area contributed by atoms with Crippen molar-refractivity contribution in [1.82, 2.24) is 4.31 Å². The predicted octanol–water partition coefficient (Wildman–Crippen LogP) is 2.10. The molecular weight excluding hydrogens is 262 g/mol. The van der Waals surface area contributed by atoms with Gasteiger partial charge in [-0.2, -0.15) is 12.7 Å². The van der Waals surface area contributed by atoms with E-state index in [2.05, 4.69) is 0 Å². The molecule has 1 saturated heterocycles. The zero-order chi connectivity index (χ0) is 13.2. The summed E-state index contributed by atoms with van der Waals surface area (Å²) in [4.78, 5) is 0. The molecule has 19 heavy (non-hydrogen) atoms. The van der Waals surface area contributed by atoms with E-state index in [4.69, 9.17) is 4.18 Å². The largest absolute Gasteiger partial charge is 0.385 e. The summed E-state index contributed by atoms with van der Waals surface area (Å²) in [5.74, 6) is 1.56. The van der Waals surface area contributed by atoms with Crippen LogP contribution in [0, 0.1) is 18.8 Å². The first-order chi connectivity index (χ1) is 9.06. The molecule has 0 aromatic heterocycles. The van der Waals surface area contributed by atoms with E-state index in [0.29, 0.717) is 17.6 Å². The Bertz CT molecular complexity index is 594. The highest BCUT2D eigenvalue weighted by atomic mass is 32.2. The zero-order valence-corrected chi connectivity index (χ0v) is 11.6. The van der Waals surface area contributed by atoms with Crippen LogP contribution in [0.1, 0.15) is 24.8 Å². The molecule has 0 N–H and O–H groups in total. The van der Waals surface area contributed by atoms with Gasteiger partial charge in [0, 0.05) is 12.1 Å². The summed E-state index contributed by atoms with van der Waals surface area (Å²) in [7, 11) is -3.60. The summed E-state index contributed by atoms with van der Waals surface area (Å²) < 4.78 is 31.4. The Hall–Kier alpha value is -1.07. The van der Waals surface area contributed by atoms with Gasteiger partial charge in [0.1, 0.15) is 5.75 Å². The number of fused-ring (bicyclic) bond motifs is 5. The molecule has 1 heterocycles. The SMILES string of the molecule is Cc1ccc(OS(=O)(=O)N2[C@@H]3C4CCC(C4)[C@@H]32)cc1. The summed E-state index contributed by atoms with van der Waals surface area (Å²) in [6.45, 7) is 1.96. The van der Waals surface area contributed by atoms with E-state index in [9.17, 15) is 8.42 Å². The summed E-state index contributed by atoms with van der Waals surface area (Å²) >= 11 is 0. The molecule has 2 aliphatic carbocycles. The van der Waals surface area contributed by atoms with Gasteiger partial charge in [-0.05, 0) is 50.2 Å². The predicted molar refractivity (Wildman–Crippen MR) is 71.0 cm³/mol. The van der Waals surface area contributed by atoms with Crippen LogP contribution in [0.25, 0.3) is 0 Å². The Morgan fingerprint density at radius 1 is 1.11 bits per heavy atom. The van der Waals surface area contributed by atoms with Gasteiger partial charge in [-0.1, -0.05) is 17.7 Å². The second kappa shape index (κ2) is 3.73. The van der Waals surface area contributed by atoms with Crippen molar-refractivity contribution in [2.75, 3.05) is 0 Å². The van der Waals surface area contributed by atoms with Crippen molar-refractivity contribution in [3.63, 3.8) is 0 Å². The second-order valence-corrected chi connectivity index (χ2v) is 7.44. The fourth-order valence-corrected chi connectivity index (χ4v) is 5.53. The number of benzene rings is 1. The van der Waals surface area contributed by atoms with E-state index >= 15 is 0 Å². The first-order valence-corrected chi connectivity index (χ1v) is 8.22. The van der Waals surface area contributed by atoms with Gasteiger partial charge in [0.15, 0.2) is 0 Å². The first-order valence-electron chi connectivity index (χ1n) is 6.86. The number of hydrogen-bond acceptors (Lipinski definition) is 3. The highest BCUT2D eigenvalue weighted by Gasteiger charge is 2.69. The smallest absolute Gasteiger partial charge is 0.371 e. The number of rotatable bonds is 3. The fourth-order valence-electron chi connectivity index (χ4n) is 3.95. The Morgan fingerprint density at radius 2 is 1.68 bits per heavy atom. The van der Waals surface area contributed by atoms with Crippen molar-refractivity contribution in [1.29, 1.82) is 0 Å².